The molecule has 0 aliphatic carbocycles. The summed E-state index contributed by atoms with van der Waals surface area (Å²) in [4.78, 5) is 6.73. The molecule has 1 atom stereocenters. The highest BCUT2D eigenvalue weighted by molar-refractivity contribution is 14.0. The van der Waals surface area contributed by atoms with Crippen LogP contribution in [0.3, 0.4) is 0 Å². The summed E-state index contributed by atoms with van der Waals surface area (Å²) in [6.07, 6.45) is 0.861. The number of phenolic OH excluding ortho intramolecular Hbond substituents is 1. The number of ether oxygens (including phenoxy) is 2. The second kappa shape index (κ2) is 13.1. The molecule has 1 unspecified atom stereocenters. The molecule has 3 N–H and O–H groups in total. The zero-order valence-corrected chi connectivity index (χ0v) is 19.7. The van der Waals surface area contributed by atoms with E-state index in [0.717, 1.165) is 44.3 Å². The normalized spacial score (nSPS) is 17.9. The maximum Gasteiger partial charge on any atom is 0.191 e. The second-order valence-corrected chi connectivity index (χ2v) is 7.27. The van der Waals surface area contributed by atoms with Crippen molar-refractivity contribution in [3.05, 3.63) is 23.8 Å². The Bertz CT molecular complexity index is 613. The molecule has 1 saturated heterocycles. The molecule has 1 aliphatic rings. The molecule has 0 amide bonds. The van der Waals surface area contributed by atoms with E-state index in [1.165, 1.54) is 0 Å². The third-order valence-corrected chi connectivity index (χ3v) is 4.55. The Hall–Kier alpha value is -1.26. The molecule has 1 aliphatic heterocycles. The van der Waals surface area contributed by atoms with E-state index < -0.39 is 0 Å². The molecule has 28 heavy (non-hydrogen) atoms. The van der Waals surface area contributed by atoms with Crippen LogP contribution in [0.25, 0.3) is 0 Å². The van der Waals surface area contributed by atoms with Crippen molar-refractivity contribution < 1.29 is 14.6 Å². The quantitative estimate of drug-likeness (QED) is 0.285. The van der Waals surface area contributed by atoms with Gasteiger partial charge in [-0.05, 0) is 24.0 Å². The SMILES string of the molecule is CN=C(NCCc1ccc(OC)cc1O)NCC1CN(CC(C)C)CCO1.I. The van der Waals surface area contributed by atoms with Crippen LogP contribution in [-0.2, 0) is 11.2 Å². The fraction of sp³-hybridized carbons (Fsp3) is 0.650. The van der Waals surface area contributed by atoms with Gasteiger partial charge >= 0.3 is 0 Å². The molecular weight excluding hydrogens is 471 g/mol. The minimum Gasteiger partial charge on any atom is -0.508 e. The van der Waals surface area contributed by atoms with Crippen LogP contribution in [-0.4, -0.2) is 75.6 Å². The predicted molar refractivity (Wildman–Crippen MR) is 124 cm³/mol. The van der Waals surface area contributed by atoms with E-state index in [4.69, 9.17) is 9.47 Å². The lowest BCUT2D eigenvalue weighted by molar-refractivity contribution is -0.0284. The molecule has 0 saturated carbocycles. The summed E-state index contributed by atoms with van der Waals surface area (Å²) >= 11 is 0. The molecule has 0 aromatic heterocycles. The van der Waals surface area contributed by atoms with Gasteiger partial charge in [-0.3, -0.25) is 9.89 Å². The molecule has 1 aromatic rings. The summed E-state index contributed by atoms with van der Waals surface area (Å²) in [5, 5.41) is 16.7. The Kier molecular flexibility index (Phi) is 11.6. The van der Waals surface area contributed by atoms with Crippen LogP contribution >= 0.6 is 24.0 Å². The number of halogens is 1. The first-order valence-corrected chi connectivity index (χ1v) is 9.66. The number of nitrogens with one attached hydrogen (secondary N) is 2. The summed E-state index contributed by atoms with van der Waals surface area (Å²) in [6, 6.07) is 5.36. The Morgan fingerprint density at radius 2 is 2.18 bits per heavy atom. The van der Waals surface area contributed by atoms with Crippen molar-refractivity contribution in [2.75, 3.05) is 53.5 Å². The van der Waals surface area contributed by atoms with E-state index in [1.54, 1.807) is 20.2 Å². The molecule has 1 fully saturated rings. The van der Waals surface area contributed by atoms with Crippen LogP contribution in [0.15, 0.2) is 23.2 Å². The van der Waals surface area contributed by atoms with E-state index in [2.05, 4.69) is 34.4 Å². The fourth-order valence-corrected chi connectivity index (χ4v) is 3.21. The smallest absolute Gasteiger partial charge is 0.191 e. The fourth-order valence-electron chi connectivity index (χ4n) is 3.21. The van der Waals surface area contributed by atoms with Crippen molar-refractivity contribution in [2.24, 2.45) is 10.9 Å². The minimum atomic E-state index is 0. The summed E-state index contributed by atoms with van der Waals surface area (Å²) in [6.45, 7) is 9.73. The first-order chi connectivity index (χ1) is 13.0. The zero-order valence-electron chi connectivity index (χ0n) is 17.4. The molecule has 1 aromatic carbocycles. The number of methoxy groups -OCH3 is 1. The highest BCUT2D eigenvalue weighted by Gasteiger charge is 2.21. The third-order valence-electron chi connectivity index (χ3n) is 4.55. The molecule has 0 bridgehead atoms. The van der Waals surface area contributed by atoms with Crippen LogP contribution in [0.2, 0.25) is 0 Å². The van der Waals surface area contributed by atoms with Crippen molar-refractivity contribution in [2.45, 2.75) is 26.4 Å². The van der Waals surface area contributed by atoms with E-state index in [1.807, 2.05) is 12.1 Å². The summed E-state index contributed by atoms with van der Waals surface area (Å²) in [5.74, 6) is 2.31. The monoisotopic (exact) mass is 506 g/mol. The number of benzene rings is 1. The van der Waals surface area contributed by atoms with E-state index >= 15 is 0 Å². The number of rotatable bonds is 8. The van der Waals surface area contributed by atoms with Gasteiger partial charge < -0.3 is 25.2 Å². The number of hydrogen-bond acceptors (Lipinski definition) is 5. The number of aromatic hydroxyl groups is 1. The lowest BCUT2D eigenvalue weighted by Crippen LogP contribution is -2.50. The largest absolute Gasteiger partial charge is 0.508 e. The predicted octanol–water partition coefficient (Wildman–Crippen LogP) is 2.08. The standard InChI is InChI=1S/C20H34N4O3.HI/c1-15(2)13-24-9-10-27-18(14-24)12-23-20(21-3)22-8-7-16-5-6-17(26-4)11-19(16)25;/h5-6,11,15,18,25H,7-10,12-14H2,1-4H3,(H2,21,22,23);1H. The maximum absolute atomic E-state index is 10.0. The van der Waals surface area contributed by atoms with Gasteiger partial charge in [-0.1, -0.05) is 19.9 Å². The van der Waals surface area contributed by atoms with Gasteiger partial charge in [0.15, 0.2) is 5.96 Å². The number of hydrogen-bond donors (Lipinski definition) is 3. The van der Waals surface area contributed by atoms with E-state index in [9.17, 15) is 5.11 Å². The number of nitrogens with zero attached hydrogens (tertiary/aromatic N) is 2. The summed E-state index contributed by atoms with van der Waals surface area (Å²) in [7, 11) is 3.34. The van der Waals surface area contributed by atoms with Crippen LogP contribution in [0.5, 0.6) is 11.5 Å². The second-order valence-electron chi connectivity index (χ2n) is 7.27. The number of phenols is 1. The average Bonchev–Trinajstić information content (AvgIpc) is 2.65. The average molecular weight is 506 g/mol. The van der Waals surface area contributed by atoms with Gasteiger partial charge in [0, 0.05) is 45.8 Å². The van der Waals surface area contributed by atoms with Gasteiger partial charge in [-0.15, -0.1) is 24.0 Å². The maximum atomic E-state index is 10.0. The molecular formula is C20H35IN4O3. The molecule has 0 radical (unpaired) electrons. The van der Waals surface area contributed by atoms with Crippen LogP contribution in [0, 0.1) is 5.92 Å². The van der Waals surface area contributed by atoms with Gasteiger partial charge in [-0.25, -0.2) is 0 Å². The van der Waals surface area contributed by atoms with E-state index in [0.29, 0.717) is 24.6 Å². The van der Waals surface area contributed by atoms with E-state index in [-0.39, 0.29) is 35.8 Å². The Morgan fingerprint density at radius 1 is 1.39 bits per heavy atom. The number of morpholine rings is 1. The van der Waals surface area contributed by atoms with Gasteiger partial charge in [0.1, 0.15) is 11.5 Å². The Balaban J connectivity index is 0.00000392. The lowest BCUT2D eigenvalue weighted by Gasteiger charge is -2.34. The topological polar surface area (TPSA) is 78.4 Å². The van der Waals surface area contributed by atoms with Crippen molar-refractivity contribution in [3.63, 3.8) is 0 Å². The van der Waals surface area contributed by atoms with Gasteiger partial charge in [0.25, 0.3) is 0 Å². The van der Waals surface area contributed by atoms with Crippen molar-refractivity contribution >= 4 is 29.9 Å². The van der Waals surface area contributed by atoms with Gasteiger partial charge in [0.2, 0.25) is 0 Å². The molecule has 2 rings (SSSR count). The molecule has 7 nitrogen and oxygen atoms in total. The summed E-state index contributed by atoms with van der Waals surface area (Å²) < 4.78 is 11.0. The highest BCUT2D eigenvalue weighted by Crippen LogP contribution is 2.23. The van der Waals surface area contributed by atoms with Crippen LogP contribution in [0.4, 0.5) is 0 Å². The number of guanidine groups is 1. The highest BCUT2D eigenvalue weighted by atomic mass is 127. The van der Waals surface area contributed by atoms with Crippen molar-refractivity contribution in [3.8, 4) is 11.5 Å². The van der Waals surface area contributed by atoms with Crippen LogP contribution in [0.1, 0.15) is 19.4 Å². The summed E-state index contributed by atoms with van der Waals surface area (Å²) in [5.41, 5.74) is 0.874. The number of aliphatic imine (C=N–C) groups is 1. The Morgan fingerprint density at radius 3 is 2.82 bits per heavy atom. The van der Waals surface area contributed by atoms with Crippen molar-refractivity contribution in [1.29, 1.82) is 0 Å². The van der Waals surface area contributed by atoms with Crippen LogP contribution < -0.4 is 15.4 Å². The molecule has 8 heteroatoms. The van der Waals surface area contributed by atoms with Gasteiger partial charge in [-0.2, -0.15) is 0 Å². The molecule has 0 spiro atoms. The molecule has 1 heterocycles. The van der Waals surface area contributed by atoms with Crippen molar-refractivity contribution in [1.82, 2.24) is 15.5 Å². The first-order valence-electron chi connectivity index (χ1n) is 9.66. The molecule has 160 valence electrons. The first kappa shape index (κ1) is 24.8. The Labute approximate surface area is 185 Å². The van der Waals surface area contributed by atoms with Gasteiger partial charge in [0.05, 0.1) is 19.8 Å². The lowest BCUT2D eigenvalue weighted by atomic mass is 10.1. The minimum absolute atomic E-state index is 0. The zero-order chi connectivity index (χ0) is 19.6. The third kappa shape index (κ3) is 8.40.